The number of hydrogen-bond donors (Lipinski definition) is 2. The lowest BCUT2D eigenvalue weighted by molar-refractivity contribution is 0.0942. The van der Waals surface area contributed by atoms with Gasteiger partial charge in [-0.15, -0.1) is 0 Å². The monoisotopic (exact) mass is 307 g/mol. The summed E-state index contributed by atoms with van der Waals surface area (Å²) in [5, 5.41) is 6.24. The van der Waals surface area contributed by atoms with Crippen molar-refractivity contribution in [3.05, 3.63) is 24.0 Å². The molecule has 116 valence electrons. The van der Waals surface area contributed by atoms with Crippen LogP contribution in [0.1, 0.15) is 49.5 Å². The van der Waals surface area contributed by atoms with Gasteiger partial charge < -0.3 is 10.6 Å². The van der Waals surface area contributed by atoms with E-state index in [0.717, 1.165) is 18.8 Å². The number of anilines is 1. The third kappa shape index (κ3) is 4.37. The van der Waals surface area contributed by atoms with Gasteiger partial charge in [-0.25, -0.2) is 4.98 Å². The molecule has 0 radical (unpaired) electrons. The Morgan fingerprint density at radius 2 is 2.10 bits per heavy atom. The predicted octanol–water partition coefficient (Wildman–Crippen LogP) is 3.31. The van der Waals surface area contributed by atoms with Crippen LogP contribution in [0.2, 0.25) is 0 Å². The van der Waals surface area contributed by atoms with E-state index in [1.165, 1.54) is 32.1 Å². The molecule has 0 spiro atoms. The van der Waals surface area contributed by atoms with E-state index in [1.54, 1.807) is 12.3 Å². The molecule has 1 aromatic heterocycles. The fraction of sp³-hybridized carbons (Fsp3) is 0.625. The fourth-order valence-electron chi connectivity index (χ4n) is 2.82. The van der Waals surface area contributed by atoms with Crippen LogP contribution in [0.4, 0.5) is 5.69 Å². The van der Waals surface area contributed by atoms with Crippen LogP contribution in [0.25, 0.3) is 0 Å². The van der Waals surface area contributed by atoms with Crippen molar-refractivity contribution in [2.24, 2.45) is 0 Å². The third-order valence-corrected chi connectivity index (χ3v) is 5.56. The average molecular weight is 307 g/mol. The smallest absolute Gasteiger partial charge is 0.269 e. The summed E-state index contributed by atoms with van der Waals surface area (Å²) >= 11 is 1.89. The van der Waals surface area contributed by atoms with Gasteiger partial charge in [-0.05, 0) is 38.2 Å². The molecule has 21 heavy (non-hydrogen) atoms. The minimum atomic E-state index is -0.0722. The first-order chi connectivity index (χ1) is 10.2. The van der Waals surface area contributed by atoms with E-state index in [0.29, 0.717) is 5.69 Å². The molecule has 0 atom stereocenters. The Balaban J connectivity index is 1.91. The van der Waals surface area contributed by atoms with Gasteiger partial charge in [0, 0.05) is 17.8 Å². The Hall–Kier alpha value is -1.23. The van der Waals surface area contributed by atoms with Crippen LogP contribution in [-0.2, 0) is 0 Å². The van der Waals surface area contributed by atoms with Gasteiger partial charge in [-0.3, -0.25) is 4.79 Å². The van der Waals surface area contributed by atoms with Crippen molar-refractivity contribution in [3.63, 3.8) is 0 Å². The molecule has 1 amide bonds. The molecule has 0 aliphatic heterocycles. The van der Waals surface area contributed by atoms with Gasteiger partial charge in [0.15, 0.2) is 0 Å². The van der Waals surface area contributed by atoms with Crippen LogP contribution >= 0.6 is 11.8 Å². The molecule has 1 aliphatic carbocycles. The molecule has 1 fully saturated rings. The molecule has 1 heterocycles. The highest BCUT2D eigenvalue weighted by Crippen LogP contribution is 2.37. The first-order valence-electron chi connectivity index (χ1n) is 7.72. The third-order valence-electron chi connectivity index (χ3n) is 4.15. The molecular weight excluding hydrogens is 282 g/mol. The number of amides is 1. The number of carbonyl (C=O) groups is 1. The van der Waals surface area contributed by atoms with E-state index < -0.39 is 0 Å². The molecule has 1 aromatic rings. The summed E-state index contributed by atoms with van der Waals surface area (Å²) < 4.78 is 0.220. The van der Waals surface area contributed by atoms with Gasteiger partial charge in [-0.2, -0.15) is 11.8 Å². The molecule has 1 aliphatic rings. The number of thioether (sulfide) groups is 1. The first kappa shape index (κ1) is 16.1. The maximum Gasteiger partial charge on any atom is 0.269 e. The highest BCUT2D eigenvalue weighted by atomic mass is 32.2. The Kier molecular flexibility index (Phi) is 5.91. The van der Waals surface area contributed by atoms with Crippen LogP contribution < -0.4 is 10.6 Å². The van der Waals surface area contributed by atoms with E-state index in [4.69, 9.17) is 0 Å². The van der Waals surface area contributed by atoms with E-state index in [-0.39, 0.29) is 10.7 Å². The topological polar surface area (TPSA) is 54.0 Å². The van der Waals surface area contributed by atoms with Crippen molar-refractivity contribution >= 4 is 23.4 Å². The second kappa shape index (κ2) is 7.69. The number of nitrogens with zero attached hydrogens (tertiary/aromatic N) is 1. The second-order valence-electron chi connectivity index (χ2n) is 5.59. The average Bonchev–Trinajstić information content (AvgIpc) is 2.54. The van der Waals surface area contributed by atoms with Crippen LogP contribution in [0, 0.1) is 0 Å². The highest BCUT2D eigenvalue weighted by molar-refractivity contribution is 8.00. The zero-order valence-corrected chi connectivity index (χ0v) is 13.8. The second-order valence-corrected chi connectivity index (χ2v) is 6.87. The van der Waals surface area contributed by atoms with Crippen LogP contribution in [0.3, 0.4) is 0 Å². The predicted molar refractivity (Wildman–Crippen MR) is 90.1 cm³/mol. The molecule has 2 N–H and O–H groups in total. The Morgan fingerprint density at radius 1 is 1.33 bits per heavy atom. The van der Waals surface area contributed by atoms with E-state index >= 15 is 0 Å². The highest BCUT2D eigenvalue weighted by Gasteiger charge is 2.31. The molecule has 0 saturated heterocycles. The van der Waals surface area contributed by atoms with Crippen molar-refractivity contribution in [1.82, 2.24) is 10.3 Å². The number of nitrogens with one attached hydrogen (secondary N) is 2. The lowest BCUT2D eigenvalue weighted by Crippen LogP contribution is -2.42. The lowest BCUT2D eigenvalue weighted by atomic mass is 9.88. The van der Waals surface area contributed by atoms with Gasteiger partial charge in [0.2, 0.25) is 0 Å². The largest absolute Gasteiger partial charge is 0.384 e. The molecule has 5 heteroatoms. The summed E-state index contributed by atoms with van der Waals surface area (Å²) in [6.45, 7) is 3.62. The number of hydrogen-bond acceptors (Lipinski definition) is 4. The van der Waals surface area contributed by atoms with Crippen molar-refractivity contribution in [2.75, 3.05) is 24.7 Å². The molecule has 4 nitrogen and oxygen atoms in total. The fourth-order valence-corrected chi connectivity index (χ4v) is 3.73. The van der Waals surface area contributed by atoms with Gasteiger partial charge in [0.1, 0.15) is 5.69 Å². The summed E-state index contributed by atoms with van der Waals surface area (Å²) in [5.74, 6) is -0.0722. The van der Waals surface area contributed by atoms with Crippen molar-refractivity contribution in [1.29, 1.82) is 0 Å². The molecule has 2 rings (SSSR count). The Morgan fingerprint density at radius 3 is 2.67 bits per heavy atom. The Labute approximate surface area is 131 Å². The van der Waals surface area contributed by atoms with Crippen molar-refractivity contribution in [2.45, 2.75) is 43.8 Å². The quantitative estimate of drug-likeness (QED) is 0.846. The molecule has 1 saturated carbocycles. The number of rotatable bonds is 6. The van der Waals surface area contributed by atoms with Gasteiger partial charge in [-0.1, -0.05) is 19.3 Å². The standard InChI is InChI=1S/C16H25N3OS/c1-3-17-13-7-8-14(18-11-13)15(20)19-12-16(21-2)9-5-4-6-10-16/h7-8,11,17H,3-6,9-10,12H2,1-2H3,(H,19,20). The van der Waals surface area contributed by atoms with E-state index in [1.807, 2.05) is 24.8 Å². The Bertz CT molecular complexity index is 455. The van der Waals surface area contributed by atoms with Crippen LogP contribution in [0.5, 0.6) is 0 Å². The van der Waals surface area contributed by atoms with Gasteiger partial charge in [0.25, 0.3) is 5.91 Å². The summed E-state index contributed by atoms with van der Waals surface area (Å²) in [5.41, 5.74) is 1.44. The van der Waals surface area contributed by atoms with E-state index in [9.17, 15) is 4.79 Å². The zero-order valence-electron chi connectivity index (χ0n) is 12.9. The van der Waals surface area contributed by atoms with E-state index in [2.05, 4.69) is 21.9 Å². The number of carbonyl (C=O) groups excluding carboxylic acids is 1. The molecule has 0 aromatic carbocycles. The zero-order chi connectivity index (χ0) is 15.1. The summed E-state index contributed by atoms with van der Waals surface area (Å²) in [4.78, 5) is 16.4. The van der Waals surface area contributed by atoms with Crippen LogP contribution in [-0.4, -0.2) is 35.0 Å². The minimum absolute atomic E-state index is 0.0722. The maximum atomic E-state index is 12.2. The van der Waals surface area contributed by atoms with Crippen LogP contribution in [0.15, 0.2) is 18.3 Å². The summed E-state index contributed by atoms with van der Waals surface area (Å²) in [7, 11) is 0. The summed E-state index contributed by atoms with van der Waals surface area (Å²) in [6, 6.07) is 3.68. The molecule has 0 unspecified atom stereocenters. The number of pyridine rings is 1. The molecule has 0 bridgehead atoms. The van der Waals surface area contributed by atoms with Crippen molar-refractivity contribution < 1.29 is 4.79 Å². The summed E-state index contributed by atoms with van der Waals surface area (Å²) in [6.07, 6.45) is 10.1. The molecular formula is C16H25N3OS. The minimum Gasteiger partial charge on any atom is -0.384 e. The van der Waals surface area contributed by atoms with Crippen molar-refractivity contribution in [3.8, 4) is 0 Å². The normalized spacial score (nSPS) is 17.2. The van der Waals surface area contributed by atoms with Gasteiger partial charge in [0.05, 0.1) is 11.9 Å². The first-order valence-corrected chi connectivity index (χ1v) is 8.95. The lowest BCUT2D eigenvalue weighted by Gasteiger charge is -2.35. The number of aromatic nitrogens is 1. The maximum absolute atomic E-state index is 12.2. The van der Waals surface area contributed by atoms with Gasteiger partial charge >= 0.3 is 0 Å². The SMILES string of the molecule is CCNc1ccc(C(=O)NCC2(SC)CCCCC2)nc1.